The minimum Gasteiger partial charge on any atom is -0.449 e. The molecule has 45 heavy (non-hydrogen) atoms. The fourth-order valence-electron chi connectivity index (χ4n) is 7.28. The van der Waals surface area contributed by atoms with Gasteiger partial charge in [-0.05, 0) is 62.7 Å². The summed E-state index contributed by atoms with van der Waals surface area (Å²) in [5.74, 6) is 0.988. The minimum atomic E-state index is -0.506. The largest absolute Gasteiger partial charge is 0.449 e. The lowest BCUT2D eigenvalue weighted by atomic mass is 9.62. The highest BCUT2D eigenvalue weighted by atomic mass is 16.6. The number of carbonyl (C=O) groups excluding carboxylic acids is 2. The van der Waals surface area contributed by atoms with Gasteiger partial charge in [0.25, 0.3) is 5.56 Å². The Kier molecular flexibility index (Phi) is 17.0. The Bertz CT molecular complexity index is 1090. The molecule has 3 unspecified atom stereocenters. The van der Waals surface area contributed by atoms with E-state index in [1.54, 1.807) is 13.8 Å². The fraction of sp³-hybridized carbons (Fsp3) is 0.833. The molecule has 0 radical (unpaired) electrons. The third-order valence-corrected chi connectivity index (χ3v) is 9.23. The number of aromatic nitrogens is 2. The summed E-state index contributed by atoms with van der Waals surface area (Å²) in [5.41, 5.74) is 0.758. The number of hydrogen-bond donors (Lipinski definition) is 3. The van der Waals surface area contributed by atoms with Crippen molar-refractivity contribution in [2.45, 2.75) is 157 Å². The van der Waals surface area contributed by atoms with Crippen molar-refractivity contribution in [3.8, 4) is 0 Å². The molecule has 3 atom stereocenters. The smallest absolute Gasteiger partial charge is 0.407 e. The number of nitrogens with one attached hydrogen (secondary N) is 3. The summed E-state index contributed by atoms with van der Waals surface area (Å²) >= 11 is 0. The number of ether oxygens (including phenoxy) is 2. The number of amides is 2. The van der Waals surface area contributed by atoms with E-state index in [0.29, 0.717) is 42.6 Å². The molecule has 0 bridgehead atoms. The summed E-state index contributed by atoms with van der Waals surface area (Å²) in [6, 6.07) is -0.0330. The first-order chi connectivity index (χ1) is 21.4. The number of aromatic amines is 1. The second kappa shape index (κ2) is 19.8. The Balaban J connectivity index is 1.82. The maximum Gasteiger partial charge on any atom is 0.407 e. The van der Waals surface area contributed by atoms with Crippen LogP contribution in [0.4, 0.5) is 9.59 Å². The summed E-state index contributed by atoms with van der Waals surface area (Å²) in [7, 11) is 0. The monoisotopic (exact) mass is 632 g/mol. The molecule has 0 spiro atoms. The summed E-state index contributed by atoms with van der Waals surface area (Å²) in [5, 5.41) is 6.09. The number of nitrogens with zero attached hydrogens (tertiary/aromatic N) is 1. The molecular formula is C36H64N4O5. The van der Waals surface area contributed by atoms with Gasteiger partial charge in [-0.3, -0.25) is 4.79 Å². The molecule has 0 aromatic carbocycles. The molecule has 9 heteroatoms. The Morgan fingerprint density at radius 2 is 1.53 bits per heavy atom. The second-order valence-electron chi connectivity index (χ2n) is 14.7. The number of carbonyl (C=O) groups is 2. The van der Waals surface area contributed by atoms with Crippen LogP contribution in [0.25, 0.3) is 0 Å². The average Bonchev–Trinajstić information content (AvgIpc) is 2.94. The normalized spacial score (nSPS) is 19.9. The Labute approximate surface area is 272 Å². The van der Waals surface area contributed by atoms with Gasteiger partial charge in [0.05, 0.1) is 13.2 Å². The molecule has 2 amide bonds. The standard InChI is InChI=1S/C36H64N4O5/c1-8-10-12-14-15-17-19-29(18-16-13-11-9-2)24-45-34(43)40-30-22-35(5,6)25-36(7,23-30)26-37-33(42)44-21-20-31-27(3)38-28(4)39-32(31)41/h29-30H,8-26H2,1-7H3,(H,37,42)(H,40,43)(H,38,39,41). The van der Waals surface area contributed by atoms with E-state index < -0.39 is 6.09 Å². The van der Waals surface area contributed by atoms with E-state index in [2.05, 4.69) is 55.2 Å². The van der Waals surface area contributed by atoms with Crippen LogP contribution in [0, 0.1) is 30.6 Å². The Morgan fingerprint density at radius 3 is 2.18 bits per heavy atom. The third-order valence-electron chi connectivity index (χ3n) is 9.23. The average molecular weight is 633 g/mol. The van der Waals surface area contributed by atoms with Crippen molar-refractivity contribution in [3.63, 3.8) is 0 Å². The highest BCUT2D eigenvalue weighted by Gasteiger charge is 2.42. The van der Waals surface area contributed by atoms with Crippen LogP contribution in [-0.2, 0) is 15.9 Å². The topological polar surface area (TPSA) is 122 Å². The van der Waals surface area contributed by atoms with Gasteiger partial charge in [0.1, 0.15) is 5.82 Å². The van der Waals surface area contributed by atoms with Crippen LogP contribution in [-0.4, -0.2) is 48.0 Å². The maximum absolute atomic E-state index is 13.0. The molecule has 258 valence electrons. The van der Waals surface area contributed by atoms with Gasteiger partial charge < -0.3 is 25.1 Å². The number of alkyl carbamates (subject to hydrolysis) is 2. The molecule has 2 rings (SSSR count). The molecule has 1 aliphatic carbocycles. The minimum absolute atomic E-state index is 0.00683. The quantitative estimate of drug-likeness (QED) is 0.124. The Hall–Kier alpha value is -2.58. The summed E-state index contributed by atoms with van der Waals surface area (Å²) in [4.78, 5) is 44.7. The summed E-state index contributed by atoms with van der Waals surface area (Å²) in [6.45, 7) is 15.6. The predicted octanol–water partition coefficient (Wildman–Crippen LogP) is 8.30. The molecule has 9 nitrogen and oxygen atoms in total. The van der Waals surface area contributed by atoms with Gasteiger partial charge in [-0.2, -0.15) is 0 Å². The molecule has 1 heterocycles. The van der Waals surface area contributed by atoms with Crippen LogP contribution in [0.1, 0.15) is 148 Å². The molecule has 1 aromatic heterocycles. The van der Waals surface area contributed by atoms with Crippen molar-refractivity contribution in [1.29, 1.82) is 0 Å². The number of H-pyrrole nitrogens is 1. The summed E-state index contributed by atoms with van der Waals surface area (Å²) < 4.78 is 11.2. The van der Waals surface area contributed by atoms with Crippen molar-refractivity contribution in [2.24, 2.45) is 16.7 Å². The van der Waals surface area contributed by atoms with Crippen LogP contribution in [0.15, 0.2) is 4.79 Å². The molecule has 3 N–H and O–H groups in total. The second-order valence-corrected chi connectivity index (χ2v) is 14.7. The van der Waals surface area contributed by atoms with Gasteiger partial charge in [-0.25, -0.2) is 14.6 Å². The zero-order chi connectivity index (χ0) is 33.3. The lowest BCUT2D eigenvalue weighted by Gasteiger charge is -2.46. The zero-order valence-electron chi connectivity index (χ0n) is 29.6. The van der Waals surface area contributed by atoms with Gasteiger partial charge in [0.2, 0.25) is 0 Å². The first-order valence-corrected chi connectivity index (χ1v) is 17.8. The van der Waals surface area contributed by atoms with Crippen molar-refractivity contribution in [3.05, 3.63) is 27.4 Å². The van der Waals surface area contributed by atoms with Gasteiger partial charge in [0.15, 0.2) is 0 Å². The highest BCUT2D eigenvalue weighted by Crippen LogP contribution is 2.45. The molecule has 0 saturated heterocycles. The zero-order valence-corrected chi connectivity index (χ0v) is 29.6. The van der Waals surface area contributed by atoms with Crippen LogP contribution in [0.5, 0.6) is 0 Å². The fourth-order valence-corrected chi connectivity index (χ4v) is 7.28. The molecule has 1 aliphatic rings. The van der Waals surface area contributed by atoms with E-state index in [-0.39, 0.29) is 35.1 Å². The first-order valence-electron chi connectivity index (χ1n) is 17.8. The van der Waals surface area contributed by atoms with E-state index >= 15 is 0 Å². The maximum atomic E-state index is 13.0. The van der Waals surface area contributed by atoms with Crippen LogP contribution >= 0.6 is 0 Å². The van der Waals surface area contributed by atoms with E-state index in [1.165, 1.54) is 64.2 Å². The van der Waals surface area contributed by atoms with Crippen molar-refractivity contribution < 1.29 is 19.1 Å². The number of hydrogen-bond acceptors (Lipinski definition) is 6. The van der Waals surface area contributed by atoms with Crippen LogP contribution in [0.2, 0.25) is 0 Å². The lowest BCUT2D eigenvalue weighted by molar-refractivity contribution is 0.0597. The van der Waals surface area contributed by atoms with Gasteiger partial charge in [-0.15, -0.1) is 0 Å². The SMILES string of the molecule is CCCCCCCCC(CCCCCC)COC(=O)NC1CC(C)(C)CC(C)(CNC(=O)OCCc2c(C)nc(C)[nH]c2=O)C1. The third kappa shape index (κ3) is 15.5. The molecule has 1 fully saturated rings. The predicted molar refractivity (Wildman–Crippen MR) is 182 cm³/mol. The molecule has 1 saturated carbocycles. The van der Waals surface area contributed by atoms with Crippen LogP contribution in [0.3, 0.4) is 0 Å². The molecular weight excluding hydrogens is 568 g/mol. The molecule has 1 aromatic rings. The van der Waals surface area contributed by atoms with Gasteiger partial charge in [-0.1, -0.05) is 98.8 Å². The van der Waals surface area contributed by atoms with Gasteiger partial charge >= 0.3 is 12.2 Å². The van der Waals surface area contributed by atoms with Gasteiger partial charge in [0, 0.05) is 30.3 Å². The van der Waals surface area contributed by atoms with E-state index in [0.717, 1.165) is 32.1 Å². The van der Waals surface area contributed by atoms with Crippen molar-refractivity contribution >= 4 is 12.2 Å². The Morgan fingerprint density at radius 1 is 0.911 bits per heavy atom. The number of aryl methyl sites for hydroxylation is 2. The van der Waals surface area contributed by atoms with Crippen molar-refractivity contribution in [1.82, 2.24) is 20.6 Å². The highest BCUT2D eigenvalue weighted by molar-refractivity contribution is 5.68. The first kappa shape index (κ1) is 38.6. The molecule has 0 aliphatic heterocycles. The number of unbranched alkanes of at least 4 members (excludes halogenated alkanes) is 8. The number of rotatable bonds is 20. The lowest BCUT2D eigenvalue weighted by Crippen LogP contribution is -2.50. The van der Waals surface area contributed by atoms with Crippen molar-refractivity contribution in [2.75, 3.05) is 19.8 Å². The van der Waals surface area contributed by atoms with E-state index in [4.69, 9.17) is 9.47 Å². The van der Waals surface area contributed by atoms with Crippen LogP contribution < -0.4 is 16.2 Å². The summed E-state index contributed by atoms with van der Waals surface area (Å²) in [6.07, 6.45) is 16.8. The van der Waals surface area contributed by atoms with E-state index in [1.807, 2.05) is 0 Å². The van der Waals surface area contributed by atoms with E-state index in [9.17, 15) is 14.4 Å².